The number of benzene rings is 8. The van der Waals surface area contributed by atoms with E-state index < -0.39 is 0 Å². The van der Waals surface area contributed by atoms with Crippen LogP contribution < -0.4 is 0 Å². The molecule has 11 rings (SSSR count). The van der Waals surface area contributed by atoms with Gasteiger partial charge < -0.3 is 13.6 Å². The number of aromatic nitrogens is 2. The largest absolute Gasteiger partial charge is 0.456 e. The summed E-state index contributed by atoms with van der Waals surface area (Å²) in [6, 6.07) is 65.5. The molecule has 0 unspecified atom stereocenters. The first-order valence-electron chi connectivity index (χ1n) is 17.4. The fraction of sp³-hybridized carbons (Fsp3) is 0. The Kier molecular flexibility index (Phi) is 5.96. The average molecular weight is 651 g/mol. The van der Waals surface area contributed by atoms with Gasteiger partial charge in [-0.15, -0.1) is 0 Å². The van der Waals surface area contributed by atoms with Gasteiger partial charge in [0.15, 0.2) is 0 Å². The summed E-state index contributed by atoms with van der Waals surface area (Å²) >= 11 is 0. The molecule has 0 aliphatic rings. The van der Waals surface area contributed by atoms with Gasteiger partial charge in [-0.25, -0.2) is 0 Å². The first-order chi connectivity index (χ1) is 25.3. The van der Waals surface area contributed by atoms with E-state index in [1.54, 1.807) is 0 Å². The molecule has 3 heteroatoms. The molecule has 0 fully saturated rings. The molecule has 3 nitrogen and oxygen atoms in total. The van der Waals surface area contributed by atoms with Gasteiger partial charge in [0.05, 0.1) is 22.1 Å². The molecule has 0 radical (unpaired) electrons. The van der Waals surface area contributed by atoms with Crippen molar-refractivity contribution < 1.29 is 4.42 Å². The number of para-hydroxylation sites is 4. The molecule has 0 N–H and O–H groups in total. The van der Waals surface area contributed by atoms with E-state index in [2.05, 4.69) is 185 Å². The lowest BCUT2D eigenvalue weighted by atomic mass is 9.95. The molecule has 238 valence electrons. The van der Waals surface area contributed by atoms with E-state index in [-0.39, 0.29) is 0 Å². The zero-order valence-electron chi connectivity index (χ0n) is 27.6. The van der Waals surface area contributed by atoms with Crippen LogP contribution in [0.25, 0.3) is 99.2 Å². The maximum atomic E-state index is 6.28. The summed E-state index contributed by atoms with van der Waals surface area (Å²) in [5.41, 5.74) is 13.6. The van der Waals surface area contributed by atoms with E-state index in [0.29, 0.717) is 0 Å². The van der Waals surface area contributed by atoms with Crippen LogP contribution in [0.3, 0.4) is 0 Å². The van der Waals surface area contributed by atoms with Crippen LogP contribution in [0.2, 0.25) is 0 Å². The highest BCUT2D eigenvalue weighted by molar-refractivity contribution is 6.28. The third kappa shape index (κ3) is 4.12. The van der Waals surface area contributed by atoms with Crippen LogP contribution in [0.1, 0.15) is 0 Å². The summed E-state index contributed by atoms with van der Waals surface area (Å²) in [4.78, 5) is 0. The molecule has 0 spiro atoms. The maximum absolute atomic E-state index is 6.28. The predicted octanol–water partition coefficient (Wildman–Crippen LogP) is 13.1. The summed E-state index contributed by atoms with van der Waals surface area (Å²) in [6.07, 6.45) is 0. The molecular formula is C48H30N2O. The Bertz CT molecular complexity index is 3130. The monoisotopic (exact) mass is 650 g/mol. The standard InChI is InChI=1S/C48H30N2O/c1-3-14-31(15-4-1)32-16-13-19-35(28-32)50-43-24-11-8-22-38(43)46-39(33-26-27-45-40(29-33)37-21-9-12-25-44(37)51-45)30-41-36-20-7-10-23-42(36)49(47(41)48(46)50)34-17-5-2-6-18-34/h1-30H. The highest BCUT2D eigenvalue weighted by Gasteiger charge is 2.25. The van der Waals surface area contributed by atoms with Crippen LogP contribution in [0.4, 0.5) is 0 Å². The van der Waals surface area contributed by atoms with E-state index in [1.165, 1.54) is 65.9 Å². The Balaban J connectivity index is 1.35. The van der Waals surface area contributed by atoms with Gasteiger partial charge >= 0.3 is 0 Å². The quantitative estimate of drug-likeness (QED) is 0.186. The molecule has 8 aromatic carbocycles. The third-order valence-corrected chi connectivity index (χ3v) is 10.5. The lowest BCUT2D eigenvalue weighted by Crippen LogP contribution is -1.99. The Labute approximate surface area is 293 Å². The Morgan fingerprint density at radius 1 is 0.333 bits per heavy atom. The molecule has 3 aromatic heterocycles. The summed E-state index contributed by atoms with van der Waals surface area (Å²) in [6.45, 7) is 0. The Morgan fingerprint density at radius 2 is 0.941 bits per heavy atom. The van der Waals surface area contributed by atoms with Gasteiger partial charge in [-0.05, 0) is 82.9 Å². The molecule has 3 heterocycles. The lowest BCUT2D eigenvalue weighted by Gasteiger charge is -2.15. The minimum Gasteiger partial charge on any atom is -0.456 e. The van der Waals surface area contributed by atoms with E-state index in [1.807, 2.05) is 6.07 Å². The topological polar surface area (TPSA) is 23.0 Å². The van der Waals surface area contributed by atoms with Gasteiger partial charge in [0.1, 0.15) is 11.2 Å². The van der Waals surface area contributed by atoms with Crippen LogP contribution in [-0.2, 0) is 0 Å². The van der Waals surface area contributed by atoms with Gasteiger partial charge in [-0.3, -0.25) is 0 Å². The zero-order valence-corrected chi connectivity index (χ0v) is 27.6. The average Bonchev–Trinajstić information content (AvgIpc) is 3.86. The van der Waals surface area contributed by atoms with Gasteiger partial charge in [0.2, 0.25) is 0 Å². The van der Waals surface area contributed by atoms with Crippen molar-refractivity contribution in [2.24, 2.45) is 0 Å². The fourth-order valence-electron chi connectivity index (χ4n) is 8.29. The molecular weight excluding hydrogens is 621 g/mol. The summed E-state index contributed by atoms with van der Waals surface area (Å²) in [7, 11) is 0. The number of furan rings is 1. The van der Waals surface area contributed by atoms with E-state index in [4.69, 9.17) is 4.42 Å². The first kappa shape index (κ1) is 28.0. The van der Waals surface area contributed by atoms with Crippen molar-refractivity contribution in [1.82, 2.24) is 9.13 Å². The Morgan fingerprint density at radius 3 is 1.76 bits per heavy atom. The highest BCUT2D eigenvalue weighted by Crippen LogP contribution is 2.47. The van der Waals surface area contributed by atoms with Gasteiger partial charge in [0.25, 0.3) is 0 Å². The van der Waals surface area contributed by atoms with E-state index >= 15 is 0 Å². The second-order valence-electron chi connectivity index (χ2n) is 13.3. The predicted molar refractivity (Wildman–Crippen MR) is 213 cm³/mol. The molecule has 11 aromatic rings. The molecule has 51 heavy (non-hydrogen) atoms. The second kappa shape index (κ2) is 10.8. The maximum Gasteiger partial charge on any atom is 0.135 e. The van der Waals surface area contributed by atoms with Crippen molar-refractivity contribution in [3.63, 3.8) is 0 Å². The SMILES string of the molecule is c1ccc(-c2cccc(-n3c4ccccc4c4c(-c5ccc6oc7ccccc7c6c5)cc5c6ccccc6n(-c6ccccc6)c5c43)c2)cc1. The molecule has 0 saturated heterocycles. The van der Waals surface area contributed by atoms with E-state index in [9.17, 15) is 0 Å². The molecule has 0 bridgehead atoms. The van der Waals surface area contributed by atoms with E-state index in [0.717, 1.165) is 33.3 Å². The first-order valence-corrected chi connectivity index (χ1v) is 17.4. The summed E-state index contributed by atoms with van der Waals surface area (Å²) < 4.78 is 11.2. The summed E-state index contributed by atoms with van der Waals surface area (Å²) in [5.74, 6) is 0. The van der Waals surface area contributed by atoms with Crippen molar-refractivity contribution in [2.45, 2.75) is 0 Å². The molecule has 0 amide bonds. The second-order valence-corrected chi connectivity index (χ2v) is 13.3. The highest BCUT2D eigenvalue weighted by atomic mass is 16.3. The number of hydrogen-bond acceptors (Lipinski definition) is 1. The smallest absolute Gasteiger partial charge is 0.135 e. The third-order valence-electron chi connectivity index (χ3n) is 10.5. The number of rotatable bonds is 4. The number of nitrogens with zero attached hydrogens (tertiary/aromatic N) is 2. The molecule has 0 aliphatic carbocycles. The number of fused-ring (bicyclic) bond motifs is 10. The van der Waals surface area contributed by atoms with Crippen molar-refractivity contribution in [1.29, 1.82) is 0 Å². The van der Waals surface area contributed by atoms with Crippen molar-refractivity contribution in [3.05, 3.63) is 182 Å². The van der Waals surface area contributed by atoms with Gasteiger partial charge in [-0.2, -0.15) is 0 Å². The van der Waals surface area contributed by atoms with Gasteiger partial charge in [0, 0.05) is 43.7 Å². The number of hydrogen-bond donors (Lipinski definition) is 0. The minimum absolute atomic E-state index is 0.901. The zero-order chi connectivity index (χ0) is 33.5. The van der Waals surface area contributed by atoms with Crippen LogP contribution in [0.15, 0.2) is 186 Å². The fourth-order valence-corrected chi connectivity index (χ4v) is 8.29. The van der Waals surface area contributed by atoms with Crippen molar-refractivity contribution in [2.75, 3.05) is 0 Å². The lowest BCUT2D eigenvalue weighted by molar-refractivity contribution is 0.669. The van der Waals surface area contributed by atoms with Crippen molar-refractivity contribution in [3.8, 4) is 33.6 Å². The Hall–Kier alpha value is -6.84. The van der Waals surface area contributed by atoms with Crippen LogP contribution in [0.5, 0.6) is 0 Å². The molecule has 0 saturated carbocycles. The van der Waals surface area contributed by atoms with Crippen molar-refractivity contribution >= 4 is 65.6 Å². The van der Waals surface area contributed by atoms with Crippen LogP contribution in [0, 0.1) is 0 Å². The summed E-state index contributed by atoms with van der Waals surface area (Å²) in [5, 5.41) is 7.16. The van der Waals surface area contributed by atoms with Gasteiger partial charge in [-0.1, -0.05) is 121 Å². The molecule has 0 atom stereocenters. The van der Waals surface area contributed by atoms with Crippen LogP contribution >= 0.6 is 0 Å². The van der Waals surface area contributed by atoms with Crippen LogP contribution in [-0.4, -0.2) is 9.13 Å². The molecule has 0 aliphatic heterocycles. The normalized spacial score (nSPS) is 11.9. The minimum atomic E-state index is 0.901.